The second kappa shape index (κ2) is 7.74. The Balaban J connectivity index is 2.26. The van der Waals surface area contributed by atoms with Crippen molar-refractivity contribution in [3.05, 3.63) is 0 Å². The lowest BCUT2D eigenvalue weighted by molar-refractivity contribution is -0.125. The van der Waals surface area contributed by atoms with Gasteiger partial charge in [0.1, 0.15) is 0 Å². The Bertz CT molecular complexity index is 248. The number of nitrogens with one attached hydrogen (secondary N) is 1. The summed E-state index contributed by atoms with van der Waals surface area (Å²) in [6.45, 7) is 5.38. The summed E-state index contributed by atoms with van der Waals surface area (Å²) in [5.74, 6) is 1.06. The van der Waals surface area contributed by atoms with E-state index in [1.54, 1.807) is 0 Å². The van der Waals surface area contributed by atoms with Crippen LogP contribution in [0.5, 0.6) is 0 Å². The first-order valence-electron chi connectivity index (χ1n) is 7.18. The number of nitrogens with two attached hydrogens (primary N) is 1. The number of hydrogen-bond acceptors (Lipinski definition) is 3. The van der Waals surface area contributed by atoms with Crippen LogP contribution < -0.4 is 11.1 Å². The molecule has 0 aromatic rings. The molecule has 0 bridgehead atoms. The molecular formula is C14H28N2O2. The normalized spacial score (nSPS) is 26.1. The Kier molecular flexibility index (Phi) is 6.65. The molecule has 1 aliphatic rings. The van der Waals surface area contributed by atoms with Gasteiger partial charge in [-0.15, -0.1) is 0 Å². The van der Waals surface area contributed by atoms with Gasteiger partial charge in [0, 0.05) is 13.1 Å². The second-order valence-corrected chi connectivity index (χ2v) is 5.98. The number of rotatable bonds is 6. The molecule has 4 nitrogen and oxygen atoms in total. The summed E-state index contributed by atoms with van der Waals surface area (Å²) in [5.41, 5.74) is 5.66. The Hall–Kier alpha value is -0.610. The van der Waals surface area contributed by atoms with E-state index in [1.165, 1.54) is 0 Å². The van der Waals surface area contributed by atoms with Crippen LogP contribution in [-0.2, 0) is 4.79 Å². The molecule has 18 heavy (non-hydrogen) atoms. The minimum atomic E-state index is -0.130. The third-order valence-corrected chi connectivity index (χ3v) is 3.79. The van der Waals surface area contributed by atoms with Gasteiger partial charge in [-0.2, -0.15) is 0 Å². The molecular weight excluding hydrogens is 228 g/mol. The van der Waals surface area contributed by atoms with Crippen LogP contribution in [0, 0.1) is 17.8 Å². The van der Waals surface area contributed by atoms with Gasteiger partial charge in [0.15, 0.2) is 0 Å². The average molecular weight is 256 g/mol. The maximum absolute atomic E-state index is 12.0. The Morgan fingerprint density at radius 1 is 1.33 bits per heavy atom. The summed E-state index contributed by atoms with van der Waals surface area (Å²) in [6, 6.07) is 0. The Morgan fingerprint density at radius 2 is 1.94 bits per heavy atom. The van der Waals surface area contributed by atoms with Crippen molar-refractivity contribution in [2.24, 2.45) is 23.5 Å². The fourth-order valence-corrected chi connectivity index (χ4v) is 2.62. The van der Waals surface area contributed by atoms with E-state index < -0.39 is 0 Å². The van der Waals surface area contributed by atoms with Crippen LogP contribution in [0.4, 0.5) is 0 Å². The van der Waals surface area contributed by atoms with Gasteiger partial charge in [-0.1, -0.05) is 13.8 Å². The predicted molar refractivity (Wildman–Crippen MR) is 73.0 cm³/mol. The van der Waals surface area contributed by atoms with Gasteiger partial charge in [0.05, 0.1) is 12.0 Å². The highest BCUT2D eigenvalue weighted by molar-refractivity contribution is 5.78. The molecule has 0 spiro atoms. The van der Waals surface area contributed by atoms with Crippen LogP contribution in [0.3, 0.4) is 0 Å². The molecule has 1 saturated carbocycles. The van der Waals surface area contributed by atoms with Crippen LogP contribution >= 0.6 is 0 Å². The minimum absolute atomic E-state index is 0.0563. The van der Waals surface area contributed by atoms with Crippen molar-refractivity contribution in [2.75, 3.05) is 13.1 Å². The Morgan fingerprint density at radius 3 is 2.44 bits per heavy atom. The van der Waals surface area contributed by atoms with Crippen LogP contribution in [-0.4, -0.2) is 30.2 Å². The van der Waals surface area contributed by atoms with Gasteiger partial charge in [-0.3, -0.25) is 4.79 Å². The summed E-state index contributed by atoms with van der Waals surface area (Å²) in [6.07, 6.45) is 4.48. The highest BCUT2D eigenvalue weighted by atomic mass is 16.3. The quantitative estimate of drug-likeness (QED) is 0.670. The van der Waals surface area contributed by atoms with Crippen molar-refractivity contribution in [2.45, 2.75) is 52.1 Å². The largest absolute Gasteiger partial charge is 0.393 e. The molecule has 1 atom stereocenters. The van der Waals surface area contributed by atoms with E-state index >= 15 is 0 Å². The SMILES string of the molecule is CC(C)CC(CN)C(=O)NCC1CCC(O)CC1. The molecule has 0 saturated heterocycles. The summed E-state index contributed by atoms with van der Waals surface area (Å²) in [4.78, 5) is 12.0. The smallest absolute Gasteiger partial charge is 0.224 e. The maximum atomic E-state index is 12.0. The van der Waals surface area contributed by atoms with Crippen molar-refractivity contribution in [3.8, 4) is 0 Å². The van der Waals surface area contributed by atoms with E-state index in [2.05, 4.69) is 19.2 Å². The summed E-state index contributed by atoms with van der Waals surface area (Å²) in [5, 5.41) is 12.4. The number of carbonyl (C=O) groups excluding carboxylic acids is 1. The van der Waals surface area contributed by atoms with E-state index in [-0.39, 0.29) is 17.9 Å². The van der Waals surface area contributed by atoms with E-state index in [4.69, 9.17) is 5.73 Å². The molecule has 1 aliphatic carbocycles. The fraction of sp³-hybridized carbons (Fsp3) is 0.929. The zero-order valence-electron chi connectivity index (χ0n) is 11.7. The monoisotopic (exact) mass is 256 g/mol. The third kappa shape index (κ3) is 5.36. The summed E-state index contributed by atoms with van der Waals surface area (Å²) < 4.78 is 0. The molecule has 106 valence electrons. The molecule has 0 heterocycles. The van der Waals surface area contributed by atoms with E-state index in [9.17, 15) is 9.90 Å². The first kappa shape index (κ1) is 15.4. The number of hydrogen-bond donors (Lipinski definition) is 3. The minimum Gasteiger partial charge on any atom is -0.393 e. The van der Waals surface area contributed by atoms with E-state index in [1.807, 2.05) is 0 Å². The highest BCUT2D eigenvalue weighted by Gasteiger charge is 2.22. The summed E-state index contributed by atoms with van der Waals surface area (Å²) in [7, 11) is 0. The van der Waals surface area contributed by atoms with Gasteiger partial charge < -0.3 is 16.2 Å². The molecule has 0 aromatic carbocycles. The van der Waals surface area contributed by atoms with Crippen molar-refractivity contribution in [3.63, 3.8) is 0 Å². The van der Waals surface area contributed by atoms with Crippen molar-refractivity contribution >= 4 is 5.91 Å². The van der Waals surface area contributed by atoms with Gasteiger partial charge in [-0.25, -0.2) is 0 Å². The Labute approximate surface area is 110 Å². The molecule has 4 N–H and O–H groups in total. The van der Waals surface area contributed by atoms with Crippen molar-refractivity contribution in [1.82, 2.24) is 5.32 Å². The number of aliphatic hydroxyl groups is 1. The topological polar surface area (TPSA) is 75.4 Å². The molecule has 1 amide bonds. The zero-order valence-corrected chi connectivity index (χ0v) is 11.7. The van der Waals surface area contributed by atoms with Crippen LogP contribution in [0.1, 0.15) is 46.0 Å². The first-order valence-corrected chi connectivity index (χ1v) is 7.18. The molecule has 1 rings (SSSR count). The van der Waals surface area contributed by atoms with Crippen LogP contribution in [0.2, 0.25) is 0 Å². The standard InChI is InChI=1S/C14H28N2O2/c1-10(2)7-12(8-15)14(18)16-9-11-3-5-13(17)6-4-11/h10-13,17H,3-9,15H2,1-2H3,(H,16,18). The van der Waals surface area contributed by atoms with E-state index in [0.29, 0.717) is 18.4 Å². The van der Waals surface area contributed by atoms with Crippen molar-refractivity contribution < 1.29 is 9.90 Å². The predicted octanol–water partition coefficient (Wildman–Crippen LogP) is 1.27. The maximum Gasteiger partial charge on any atom is 0.224 e. The molecule has 4 heteroatoms. The number of carbonyl (C=O) groups is 1. The lowest BCUT2D eigenvalue weighted by Crippen LogP contribution is -2.39. The fourth-order valence-electron chi connectivity index (χ4n) is 2.62. The third-order valence-electron chi connectivity index (χ3n) is 3.79. The second-order valence-electron chi connectivity index (χ2n) is 5.98. The molecule has 1 fully saturated rings. The number of aliphatic hydroxyl groups excluding tert-OH is 1. The van der Waals surface area contributed by atoms with Crippen molar-refractivity contribution in [1.29, 1.82) is 0 Å². The van der Waals surface area contributed by atoms with Gasteiger partial charge in [0.25, 0.3) is 0 Å². The highest BCUT2D eigenvalue weighted by Crippen LogP contribution is 2.23. The van der Waals surface area contributed by atoms with Crippen LogP contribution in [0.25, 0.3) is 0 Å². The lowest BCUT2D eigenvalue weighted by atomic mass is 9.87. The number of amides is 1. The van der Waals surface area contributed by atoms with Gasteiger partial charge in [0.2, 0.25) is 5.91 Å². The summed E-state index contributed by atoms with van der Waals surface area (Å²) >= 11 is 0. The van der Waals surface area contributed by atoms with Gasteiger partial charge >= 0.3 is 0 Å². The molecule has 0 aromatic heterocycles. The zero-order chi connectivity index (χ0) is 13.5. The molecule has 0 radical (unpaired) electrons. The van der Waals surface area contributed by atoms with E-state index in [0.717, 1.165) is 38.6 Å². The first-order chi connectivity index (χ1) is 8.52. The van der Waals surface area contributed by atoms with Crippen LogP contribution in [0.15, 0.2) is 0 Å². The average Bonchev–Trinajstić information content (AvgIpc) is 2.34. The molecule has 1 unspecified atom stereocenters. The van der Waals surface area contributed by atoms with Gasteiger partial charge in [-0.05, 0) is 43.9 Å². The lowest BCUT2D eigenvalue weighted by Gasteiger charge is -2.26. The molecule has 0 aliphatic heterocycles.